The van der Waals surface area contributed by atoms with Gasteiger partial charge in [0.05, 0.1) is 11.4 Å². The first-order chi connectivity index (χ1) is 23.0. The van der Waals surface area contributed by atoms with Crippen LogP contribution in [0.2, 0.25) is 0 Å². The average Bonchev–Trinajstić information content (AvgIpc) is 3.09. The third kappa shape index (κ3) is 10.3. The number of fused-ring (bicyclic) bond motifs is 1. The molecule has 0 aliphatic rings. The Morgan fingerprint density at radius 2 is 1.29 bits per heavy atom. The van der Waals surface area contributed by atoms with Gasteiger partial charge in [0.1, 0.15) is 19.4 Å². The summed E-state index contributed by atoms with van der Waals surface area (Å²) in [5.41, 5.74) is 7.09. The number of hydrogen-bond acceptors (Lipinski definition) is 2. The summed E-state index contributed by atoms with van der Waals surface area (Å²) in [4.78, 5) is 11.7. The quantitative estimate of drug-likeness (QED) is 0.0660. The molecule has 0 amide bonds. The third-order valence-electron chi connectivity index (χ3n) is 9.10. The number of aromatic nitrogens is 2. The SMILES string of the molecule is CCC(CC)C(=O)/C=C(\O)C(CC)CC.C[n+]1[c-][n+](-c2[c-]c3ccccc3c(C(C)(C)C)c2)cc(-c2ccc(-c3ccccc3)cc2)c1.[Ir]. The Morgan fingerprint density at radius 3 is 1.86 bits per heavy atom. The van der Waals surface area contributed by atoms with Gasteiger partial charge >= 0.3 is 6.33 Å². The first-order valence-corrected chi connectivity index (χ1v) is 17.4. The van der Waals surface area contributed by atoms with E-state index in [9.17, 15) is 9.90 Å². The van der Waals surface area contributed by atoms with Crippen LogP contribution in [0.25, 0.3) is 38.7 Å². The zero-order valence-corrected chi connectivity index (χ0v) is 32.8. The molecule has 0 atom stereocenters. The summed E-state index contributed by atoms with van der Waals surface area (Å²) in [5, 5.41) is 12.1. The number of ketones is 1. The maximum atomic E-state index is 11.7. The van der Waals surface area contributed by atoms with E-state index >= 15 is 0 Å². The van der Waals surface area contributed by atoms with E-state index in [1.807, 2.05) is 45.4 Å². The van der Waals surface area contributed by atoms with E-state index in [2.05, 4.69) is 129 Å². The van der Waals surface area contributed by atoms with Crippen LogP contribution in [0, 0.1) is 24.2 Å². The summed E-state index contributed by atoms with van der Waals surface area (Å²) in [7, 11) is 2.02. The summed E-state index contributed by atoms with van der Waals surface area (Å²) >= 11 is 0. The number of carbonyl (C=O) groups is 1. The Balaban J connectivity index is 0.000000347. The number of aliphatic hydroxyl groups is 1. The fraction of sp³-hybridized carbons (Fsp3) is 0.341. The van der Waals surface area contributed by atoms with Gasteiger partial charge in [-0.15, -0.1) is 40.6 Å². The summed E-state index contributed by atoms with van der Waals surface area (Å²) in [5.74, 6) is 0.547. The smallest absolute Gasteiger partial charge is 0.462 e. The van der Waals surface area contributed by atoms with Crippen LogP contribution in [0.1, 0.15) is 79.7 Å². The van der Waals surface area contributed by atoms with Gasteiger partial charge in [0.25, 0.3) is 0 Å². The third-order valence-corrected chi connectivity index (χ3v) is 9.10. The van der Waals surface area contributed by atoms with Gasteiger partial charge in [-0.1, -0.05) is 115 Å². The van der Waals surface area contributed by atoms with Crippen LogP contribution < -0.4 is 9.13 Å². The molecular formula is C44H52IrN2O2. The van der Waals surface area contributed by atoms with Crippen molar-refractivity contribution in [1.82, 2.24) is 0 Å². The normalized spacial score (nSPS) is 11.7. The van der Waals surface area contributed by atoms with Crippen molar-refractivity contribution < 1.29 is 39.1 Å². The molecule has 259 valence electrons. The predicted molar refractivity (Wildman–Crippen MR) is 198 cm³/mol. The van der Waals surface area contributed by atoms with Crippen molar-refractivity contribution in [2.45, 2.75) is 79.6 Å². The topological polar surface area (TPSA) is 45.1 Å². The summed E-state index contributed by atoms with van der Waals surface area (Å²) in [6, 6.07) is 33.6. The number of aliphatic hydroxyl groups excluding tert-OH is 1. The van der Waals surface area contributed by atoms with Gasteiger partial charge in [0.2, 0.25) is 0 Å². The van der Waals surface area contributed by atoms with E-state index in [1.54, 1.807) is 0 Å². The largest absolute Gasteiger partial charge is 0.512 e. The molecule has 49 heavy (non-hydrogen) atoms. The Kier molecular flexibility index (Phi) is 14.7. The number of benzene rings is 4. The second-order valence-corrected chi connectivity index (χ2v) is 13.6. The molecule has 5 heteroatoms. The zero-order chi connectivity index (χ0) is 34.8. The molecule has 0 spiro atoms. The van der Waals surface area contributed by atoms with E-state index in [0.29, 0.717) is 0 Å². The van der Waals surface area contributed by atoms with E-state index in [-0.39, 0.29) is 48.9 Å². The van der Waals surface area contributed by atoms with Gasteiger partial charge in [0, 0.05) is 43.6 Å². The molecule has 0 unspecified atom stereocenters. The standard InChI is InChI=1S/C31H28N2.C13H24O2.Ir/c1-31(2,3)30-19-28(18-26-12-8-9-13-29(26)30)33-21-27(20-32(4)22-33)25-16-14-24(15-17-25)23-10-6-5-7-11-23;1-5-10(6-2)12(14)9-13(15)11(7-3)8-4;/h5-17,19-21H,1-4H3;9-11,14H,5-8H2,1-4H3;/b;12-9-;. The van der Waals surface area contributed by atoms with Gasteiger partial charge < -0.3 is 5.11 Å². The summed E-state index contributed by atoms with van der Waals surface area (Å²) < 4.78 is 4.04. The van der Waals surface area contributed by atoms with Crippen molar-refractivity contribution in [2.24, 2.45) is 18.9 Å². The minimum atomic E-state index is 0. The van der Waals surface area contributed by atoms with Crippen LogP contribution >= 0.6 is 0 Å². The molecule has 1 heterocycles. The Labute approximate surface area is 307 Å². The van der Waals surface area contributed by atoms with E-state index in [4.69, 9.17) is 0 Å². The van der Waals surface area contributed by atoms with Gasteiger partial charge in [-0.25, -0.2) is 9.13 Å². The maximum Gasteiger partial charge on any atom is 0.462 e. The molecule has 0 saturated heterocycles. The molecule has 4 nitrogen and oxygen atoms in total. The van der Waals surface area contributed by atoms with Crippen LogP contribution in [0.4, 0.5) is 0 Å². The Morgan fingerprint density at radius 1 is 0.755 bits per heavy atom. The van der Waals surface area contributed by atoms with Crippen LogP contribution in [0.15, 0.2) is 109 Å². The van der Waals surface area contributed by atoms with Crippen LogP contribution in [-0.4, -0.2) is 10.9 Å². The average molecular weight is 833 g/mol. The number of carbonyl (C=O) groups excluding carboxylic acids is 1. The number of hydrogen-bond donors (Lipinski definition) is 1. The molecular weight excluding hydrogens is 781 g/mol. The fourth-order valence-corrected chi connectivity index (χ4v) is 6.11. The fourth-order valence-electron chi connectivity index (χ4n) is 6.11. The molecule has 4 aromatic carbocycles. The van der Waals surface area contributed by atoms with Gasteiger partial charge in [-0.05, 0) is 47.8 Å². The van der Waals surface area contributed by atoms with Crippen LogP contribution in [-0.2, 0) is 37.4 Å². The van der Waals surface area contributed by atoms with Crippen LogP contribution in [0.3, 0.4) is 0 Å². The van der Waals surface area contributed by atoms with Crippen molar-refractivity contribution in [2.75, 3.05) is 0 Å². The summed E-state index contributed by atoms with van der Waals surface area (Å²) in [6.07, 6.45) is 12.6. The molecule has 1 N–H and O–H groups in total. The Hall–Kier alpha value is -3.92. The minimum absolute atomic E-state index is 0. The number of allylic oxidation sites excluding steroid dienone is 2. The Bertz CT molecular complexity index is 1830. The molecule has 5 aromatic rings. The zero-order valence-electron chi connectivity index (χ0n) is 30.4. The molecule has 0 fully saturated rings. The van der Waals surface area contributed by atoms with Gasteiger partial charge in [-0.2, -0.15) is 0 Å². The number of rotatable bonds is 10. The molecule has 0 bridgehead atoms. The van der Waals surface area contributed by atoms with Gasteiger partial charge in [0.15, 0.2) is 5.78 Å². The van der Waals surface area contributed by atoms with Crippen molar-refractivity contribution in [3.63, 3.8) is 0 Å². The number of aryl methyl sites for hydroxylation is 1. The van der Waals surface area contributed by atoms with Crippen LogP contribution in [0.5, 0.6) is 0 Å². The van der Waals surface area contributed by atoms with E-state index in [1.165, 1.54) is 33.7 Å². The molecule has 1 radical (unpaired) electrons. The first-order valence-electron chi connectivity index (χ1n) is 17.4. The molecule has 0 aliphatic carbocycles. The maximum absolute atomic E-state index is 11.7. The molecule has 0 saturated carbocycles. The van der Waals surface area contributed by atoms with Crippen molar-refractivity contribution >= 4 is 16.6 Å². The summed E-state index contributed by atoms with van der Waals surface area (Å²) in [6.45, 7) is 14.9. The van der Waals surface area contributed by atoms with Crippen molar-refractivity contribution in [3.05, 3.63) is 127 Å². The van der Waals surface area contributed by atoms with Gasteiger partial charge in [-0.3, -0.25) is 4.79 Å². The van der Waals surface area contributed by atoms with E-state index < -0.39 is 0 Å². The second kappa shape index (κ2) is 18.2. The monoisotopic (exact) mass is 833 g/mol. The molecule has 0 aliphatic heterocycles. The first kappa shape index (κ1) is 39.5. The molecule has 5 rings (SSSR count). The van der Waals surface area contributed by atoms with Crippen molar-refractivity contribution in [3.8, 4) is 27.9 Å². The van der Waals surface area contributed by atoms with Crippen molar-refractivity contribution in [1.29, 1.82) is 0 Å². The predicted octanol–water partition coefficient (Wildman–Crippen LogP) is 10.0. The second-order valence-electron chi connectivity index (χ2n) is 13.6. The molecule has 1 aromatic heterocycles. The minimum Gasteiger partial charge on any atom is -0.512 e. The number of nitrogens with zero attached hydrogens (tertiary/aromatic N) is 2. The van der Waals surface area contributed by atoms with E-state index in [0.717, 1.165) is 42.3 Å².